The maximum atomic E-state index is 13.8. The van der Waals surface area contributed by atoms with Crippen LogP contribution in [-0.4, -0.2) is 44.3 Å². The zero-order valence-electron chi connectivity index (χ0n) is 14.1. The van der Waals surface area contributed by atoms with Crippen molar-refractivity contribution in [3.63, 3.8) is 0 Å². The molecule has 24 heavy (non-hydrogen) atoms. The number of methoxy groups -OCH3 is 1. The number of rotatable bonds is 2. The third-order valence-electron chi connectivity index (χ3n) is 5.81. The molecule has 0 spiro atoms. The topological polar surface area (TPSA) is 50.8 Å². The summed E-state index contributed by atoms with van der Waals surface area (Å²) in [5, 5.41) is 3.12. The van der Waals surface area contributed by atoms with Crippen molar-refractivity contribution in [2.45, 2.75) is 25.8 Å². The van der Waals surface area contributed by atoms with E-state index in [-0.39, 0.29) is 29.1 Å². The molecular weight excluding hydrogens is 311 g/mol. The van der Waals surface area contributed by atoms with Gasteiger partial charge in [0.25, 0.3) is 0 Å². The number of amides is 2. The summed E-state index contributed by atoms with van der Waals surface area (Å²) >= 11 is 0. The van der Waals surface area contributed by atoms with Crippen LogP contribution in [0.1, 0.15) is 30.5 Å². The van der Waals surface area contributed by atoms with Crippen LogP contribution >= 0.6 is 0 Å². The van der Waals surface area contributed by atoms with Crippen molar-refractivity contribution in [1.82, 2.24) is 10.2 Å². The molecule has 3 unspecified atom stereocenters. The molecule has 0 radical (unpaired) electrons. The predicted octanol–water partition coefficient (Wildman–Crippen LogP) is 2.50. The van der Waals surface area contributed by atoms with Crippen molar-refractivity contribution in [2.75, 3.05) is 33.4 Å². The number of fused-ring (bicyclic) bond motifs is 2. The monoisotopic (exact) mass is 334 g/mol. The van der Waals surface area contributed by atoms with Crippen LogP contribution in [0, 0.1) is 17.2 Å². The summed E-state index contributed by atoms with van der Waals surface area (Å²) in [5.74, 6) is 0.312. The number of benzene rings is 1. The molecule has 2 amide bonds. The fourth-order valence-corrected chi connectivity index (χ4v) is 4.28. The zero-order chi connectivity index (χ0) is 16.9. The highest BCUT2D eigenvalue weighted by Gasteiger charge is 2.48. The molecule has 1 N–H and O–H groups in total. The summed E-state index contributed by atoms with van der Waals surface area (Å²) < 4.78 is 24.4. The van der Waals surface area contributed by atoms with Gasteiger partial charge in [0.15, 0.2) is 11.6 Å². The molecular formula is C18H23FN2O3. The molecule has 6 heteroatoms. The third kappa shape index (κ3) is 2.44. The Morgan fingerprint density at radius 2 is 2.33 bits per heavy atom. The van der Waals surface area contributed by atoms with E-state index in [1.165, 1.54) is 13.2 Å². The van der Waals surface area contributed by atoms with Crippen LogP contribution in [0.2, 0.25) is 0 Å². The number of carbonyl (C=O) groups excluding carboxylic acids is 1. The Morgan fingerprint density at radius 3 is 3.08 bits per heavy atom. The van der Waals surface area contributed by atoms with Gasteiger partial charge in [0.2, 0.25) is 0 Å². The number of carbonyl (C=O) groups is 1. The number of nitrogens with zero attached hydrogens (tertiary/aromatic N) is 1. The van der Waals surface area contributed by atoms with E-state index in [1.807, 2.05) is 4.90 Å². The molecule has 0 bridgehead atoms. The van der Waals surface area contributed by atoms with Crippen LogP contribution in [0.3, 0.4) is 0 Å². The highest BCUT2D eigenvalue weighted by Crippen LogP contribution is 2.41. The lowest BCUT2D eigenvalue weighted by Gasteiger charge is -2.24. The molecule has 3 atom stereocenters. The third-order valence-corrected chi connectivity index (χ3v) is 5.81. The molecule has 130 valence electrons. The summed E-state index contributed by atoms with van der Waals surface area (Å²) in [7, 11) is 1.46. The average Bonchev–Trinajstić information content (AvgIpc) is 3.18. The Bertz CT molecular complexity index is 680. The Hall–Kier alpha value is -1.82. The SMILES string of the molecule is COc1cc2c(cc1F)CCC2NC(=O)N1CC2COCC2(C)C1. The van der Waals surface area contributed by atoms with Crippen LogP contribution < -0.4 is 10.1 Å². The van der Waals surface area contributed by atoms with Gasteiger partial charge in [0.05, 0.1) is 26.4 Å². The maximum Gasteiger partial charge on any atom is 0.317 e. The number of aryl methyl sites for hydroxylation is 1. The molecule has 2 aliphatic heterocycles. The molecule has 2 saturated heterocycles. The highest BCUT2D eigenvalue weighted by atomic mass is 19.1. The zero-order valence-corrected chi connectivity index (χ0v) is 14.1. The number of nitrogens with one attached hydrogen (secondary N) is 1. The molecule has 1 aromatic carbocycles. The van der Waals surface area contributed by atoms with Gasteiger partial charge >= 0.3 is 6.03 Å². The Labute approximate surface area is 141 Å². The van der Waals surface area contributed by atoms with E-state index in [2.05, 4.69) is 12.2 Å². The molecule has 5 nitrogen and oxygen atoms in total. The lowest BCUT2D eigenvalue weighted by atomic mass is 9.83. The second-order valence-corrected chi connectivity index (χ2v) is 7.47. The number of hydrogen-bond acceptors (Lipinski definition) is 3. The van der Waals surface area contributed by atoms with Gasteiger partial charge in [0, 0.05) is 24.4 Å². The van der Waals surface area contributed by atoms with Crippen molar-refractivity contribution in [2.24, 2.45) is 11.3 Å². The number of urea groups is 1. The van der Waals surface area contributed by atoms with E-state index < -0.39 is 0 Å². The number of halogens is 1. The first-order valence-corrected chi connectivity index (χ1v) is 8.50. The minimum absolute atomic E-state index is 0.0354. The van der Waals surface area contributed by atoms with Gasteiger partial charge in [-0.1, -0.05) is 6.92 Å². The number of ether oxygens (including phenoxy) is 2. The molecule has 1 aliphatic carbocycles. The van der Waals surface area contributed by atoms with Gasteiger partial charge in [-0.05, 0) is 36.1 Å². The van der Waals surface area contributed by atoms with Gasteiger partial charge in [-0.3, -0.25) is 0 Å². The van der Waals surface area contributed by atoms with Gasteiger partial charge in [-0.15, -0.1) is 0 Å². The highest BCUT2D eigenvalue weighted by molar-refractivity contribution is 5.75. The Balaban J connectivity index is 1.47. The summed E-state index contributed by atoms with van der Waals surface area (Å²) in [6.45, 7) is 5.13. The van der Waals surface area contributed by atoms with Crippen molar-refractivity contribution < 1.29 is 18.7 Å². The smallest absolute Gasteiger partial charge is 0.317 e. The minimum Gasteiger partial charge on any atom is -0.494 e. The summed E-state index contributed by atoms with van der Waals surface area (Å²) in [4.78, 5) is 14.6. The van der Waals surface area contributed by atoms with Gasteiger partial charge in [-0.2, -0.15) is 0 Å². The number of likely N-dealkylation sites (tertiary alicyclic amines) is 1. The standard InChI is InChI=1S/C18H23FN2O3/c1-18-9-21(7-12(18)8-24-10-18)17(22)20-15-4-3-11-5-14(19)16(23-2)6-13(11)15/h5-6,12,15H,3-4,7-10H2,1-2H3,(H,20,22). The normalized spacial score (nSPS) is 31.0. The van der Waals surface area contributed by atoms with Crippen LogP contribution in [0.4, 0.5) is 9.18 Å². The molecule has 3 aliphatic rings. The summed E-state index contributed by atoms with van der Waals surface area (Å²) in [6.07, 6.45) is 1.57. The van der Waals surface area contributed by atoms with E-state index in [9.17, 15) is 9.18 Å². The fraction of sp³-hybridized carbons (Fsp3) is 0.611. The molecule has 2 heterocycles. The first-order valence-electron chi connectivity index (χ1n) is 8.50. The van der Waals surface area contributed by atoms with Crippen molar-refractivity contribution in [1.29, 1.82) is 0 Å². The maximum absolute atomic E-state index is 13.8. The van der Waals surface area contributed by atoms with E-state index in [1.54, 1.807) is 6.07 Å². The Morgan fingerprint density at radius 1 is 1.50 bits per heavy atom. The second-order valence-electron chi connectivity index (χ2n) is 7.47. The van der Waals surface area contributed by atoms with Crippen LogP contribution in [0.15, 0.2) is 12.1 Å². The number of hydrogen-bond donors (Lipinski definition) is 1. The molecule has 4 rings (SSSR count). The lowest BCUT2D eigenvalue weighted by molar-refractivity contribution is 0.137. The fourth-order valence-electron chi connectivity index (χ4n) is 4.28. The van der Waals surface area contributed by atoms with Crippen molar-refractivity contribution >= 4 is 6.03 Å². The molecule has 2 fully saturated rings. The lowest BCUT2D eigenvalue weighted by Crippen LogP contribution is -2.41. The Kier molecular flexibility index (Phi) is 3.67. The van der Waals surface area contributed by atoms with Gasteiger partial charge in [-0.25, -0.2) is 9.18 Å². The van der Waals surface area contributed by atoms with Crippen LogP contribution in [0.25, 0.3) is 0 Å². The van der Waals surface area contributed by atoms with E-state index in [4.69, 9.17) is 9.47 Å². The summed E-state index contributed by atoms with van der Waals surface area (Å²) in [5.41, 5.74) is 2.00. The van der Waals surface area contributed by atoms with Crippen LogP contribution in [-0.2, 0) is 11.2 Å². The first-order chi connectivity index (χ1) is 11.5. The van der Waals surface area contributed by atoms with Crippen molar-refractivity contribution in [3.05, 3.63) is 29.1 Å². The predicted molar refractivity (Wildman–Crippen MR) is 86.5 cm³/mol. The minimum atomic E-state index is -0.344. The molecule has 1 aromatic rings. The van der Waals surface area contributed by atoms with E-state index in [0.717, 1.165) is 50.3 Å². The van der Waals surface area contributed by atoms with Crippen LogP contribution in [0.5, 0.6) is 5.75 Å². The van der Waals surface area contributed by atoms with Gasteiger partial charge < -0.3 is 19.7 Å². The first kappa shape index (κ1) is 15.7. The summed E-state index contributed by atoms with van der Waals surface area (Å²) in [6, 6.07) is 3.13. The second kappa shape index (κ2) is 5.62. The molecule has 0 aromatic heterocycles. The largest absolute Gasteiger partial charge is 0.494 e. The molecule has 0 saturated carbocycles. The average molecular weight is 334 g/mol. The van der Waals surface area contributed by atoms with Gasteiger partial charge in [0.1, 0.15) is 0 Å². The van der Waals surface area contributed by atoms with E-state index in [0.29, 0.717) is 5.92 Å². The van der Waals surface area contributed by atoms with E-state index >= 15 is 0 Å². The quantitative estimate of drug-likeness (QED) is 0.904. The van der Waals surface area contributed by atoms with Crippen molar-refractivity contribution in [3.8, 4) is 5.75 Å².